The lowest BCUT2D eigenvalue weighted by molar-refractivity contribution is 0.0945. The molecular formula is C12H20N2O2. The number of amides is 1. The Morgan fingerprint density at radius 3 is 2.69 bits per heavy atom. The summed E-state index contributed by atoms with van der Waals surface area (Å²) in [4.78, 5) is 15.5. The summed E-state index contributed by atoms with van der Waals surface area (Å²) in [6.07, 6.45) is 3.36. The SMILES string of the molecule is Cc1ocnc1C(=O)NCCCC(C)(C)C. The predicted octanol–water partition coefficient (Wildman–Crippen LogP) is 2.54. The van der Waals surface area contributed by atoms with Crippen molar-refractivity contribution in [1.82, 2.24) is 10.3 Å². The summed E-state index contributed by atoms with van der Waals surface area (Å²) < 4.78 is 4.97. The van der Waals surface area contributed by atoms with E-state index in [1.54, 1.807) is 6.92 Å². The van der Waals surface area contributed by atoms with Gasteiger partial charge in [-0.25, -0.2) is 4.98 Å². The van der Waals surface area contributed by atoms with E-state index in [9.17, 15) is 4.79 Å². The Hall–Kier alpha value is -1.32. The molecule has 0 saturated heterocycles. The second kappa shape index (κ2) is 5.14. The first kappa shape index (κ1) is 12.7. The topological polar surface area (TPSA) is 55.1 Å². The molecule has 0 unspecified atom stereocenters. The lowest BCUT2D eigenvalue weighted by Gasteiger charge is -2.17. The van der Waals surface area contributed by atoms with E-state index in [1.807, 2.05) is 0 Å². The summed E-state index contributed by atoms with van der Waals surface area (Å²) in [5.41, 5.74) is 0.699. The van der Waals surface area contributed by atoms with Gasteiger partial charge in [-0.05, 0) is 25.2 Å². The lowest BCUT2D eigenvalue weighted by Crippen LogP contribution is -2.26. The molecule has 1 amide bonds. The van der Waals surface area contributed by atoms with Crippen molar-refractivity contribution < 1.29 is 9.21 Å². The third kappa shape index (κ3) is 4.04. The van der Waals surface area contributed by atoms with Crippen LogP contribution in [0.1, 0.15) is 49.9 Å². The van der Waals surface area contributed by atoms with Gasteiger partial charge in [-0.15, -0.1) is 0 Å². The number of hydrogen-bond donors (Lipinski definition) is 1. The van der Waals surface area contributed by atoms with Gasteiger partial charge < -0.3 is 9.73 Å². The second-order valence-electron chi connectivity index (χ2n) is 5.18. The van der Waals surface area contributed by atoms with Gasteiger partial charge in [0.15, 0.2) is 12.1 Å². The molecule has 0 bridgehead atoms. The molecule has 0 aromatic carbocycles. The summed E-state index contributed by atoms with van der Waals surface area (Å²) in [5, 5.41) is 2.84. The fourth-order valence-electron chi connectivity index (χ4n) is 1.43. The van der Waals surface area contributed by atoms with Crippen LogP contribution in [0.3, 0.4) is 0 Å². The standard InChI is InChI=1S/C12H20N2O2/c1-9-10(14-8-16-9)11(15)13-7-5-6-12(2,3)4/h8H,5-7H2,1-4H3,(H,13,15). The first-order valence-corrected chi connectivity index (χ1v) is 5.58. The minimum atomic E-state index is -0.153. The number of nitrogens with one attached hydrogen (secondary N) is 1. The van der Waals surface area contributed by atoms with Crippen LogP contribution in [0.2, 0.25) is 0 Å². The summed E-state index contributed by atoms with van der Waals surface area (Å²) in [7, 11) is 0. The molecule has 1 aromatic heterocycles. The summed E-state index contributed by atoms with van der Waals surface area (Å²) >= 11 is 0. The lowest BCUT2D eigenvalue weighted by atomic mass is 9.91. The first-order chi connectivity index (χ1) is 7.40. The molecule has 0 saturated carbocycles. The van der Waals surface area contributed by atoms with Crippen LogP contribution in [0.25, 0.3) is 0 Å². The van der Waals surface area contributed by atoms with Crippen LogP contribution in [-0.2, 0) is 0 Å². The average Bonchev–Trinajstić information content (AvgIpc) is 2.57. The van der Waals surface area contributed by atoms with E-state index >= 15 is 0 Å². The van der Waals surface area contributed by atoms with Crippen molar-refractivity contribution in [2.75, 3.05) is 6.54 Å². The van der Waals surface area contributed by atoms with E-state index < -0.39 is 0 Å². The minimum Gasteiger partial charge on any atom is -0.448 e. The molecular weight excluding hydrogens is 204 g/mol. The third-order valence-corrected chi connectivity index (χ3v) is 2.35. The maximum Gasteiger partial charge on any atom is 0.273 e. The van der Waals surface area contributed by atoms with Gasteiger partial charge in [-0.2, -0.15) is 0 Å². The summed E-state index contributed by atoms with van der Waals surface area (Å²) in [6.45, 7) is 8.99. The Morgan fingerprint density at radius 1 is 1.50 bits per heavy atom. The van der Waals surface area contributed by atoms with Crippen LogP contribution in [-0.4, -0.2) is 17.4 Å². The molecule has 0 spiro atoms. The van der Waals surface area contributed by atoms with Gasteiger partial charge in [-0.3, -0.25) is 4.79 Å². The smallest absolute Gasteiger partial charge is 0.273 e. The van der Waals surface area contributed by atoms with Crippen molar-refractivity contribution in [2.45, 2.75) is 40.5 Å². The Bertz CT molecular complexity index is 350. The molecule has 4 heteroatoms. The highest BCUT2D eigenvalue weighted by Crippen LogP contribution is 2.19. The Kier molecular flexibility index (Phi) is 4.10. The molecule has 4 nitrogen and oxygen atoms in total. The highest BCUT2D eigenvalue weighted by molar-refractivity contribution is 5.92. The molecule has 0 aliphatic rings. The van der Waals surface area contributed by atoms with Crippen molar-refractivity contribution in [3.05, 3.63) is 17.8 Å². The molecule has 1 heterocycles. The van der Waals surface area contributed by atoms with E-state index in [0.29, 0.717) is 23.4 Å². The number of rotatable bonds is 4. The van der Waals surface area contributed by atoms with E-state index in [-0.39, 0.29) is 5.91 Å². The summed E-state index contributed by atoms with van der Waals surface area (Å²) in [5.74, 6) is 0.411. The van der Waals surface area contributed by atoms with E-state index in [2.05, 4.69) is 31.1 Å². The molecule has 0 atom stereocenters. The number of aryl methyl sites for hydroxylation is 1. The van der Waals surface area contributed by atoms with Crippen LogP contribution in [0, 0.1) is 12.3 Å². The third-order valence-electron chi connectivity index (χ3n) is 2.35. The van der Waals surface area contributed by atoms with Crippen LogP contribution in [0.15, 0.2) is 10.8 Å². The quantitative estimate of drug-likeness (QED) is 0.799. The molecule has 16 heavy (non-hydrogen) atoms. The van der Waals surface area contributed by atoms with Crippen molar-refractivity contribution in [3.63, 3.8) is 0 Å². The zero-order valence-electron chi connectivity index (χ0n) is 10.5. The number of carbonyl (C=O) groups is 1. The van der Waals surface area contributed by atoms with E-state index in [0.717, 1.165) is 12.8 Å². The van der Waals surface area contributed by atoms with Crippen molar-refractivity contribution in [2.24, 2.45) is 5.41 Å². The van der Waals surface area contributed by atoms with Crippen LogP contribution >= 0.6 is 0 Å². The maximum atomic E-state index is 11.6. The number of oxazole rings is 1. The van der Waals surface area contributed by atoms with Crippen molar-refractivity contribution >= 4 is 5.91 Å². The van der Waals surface area contributed by atoms with Gasteiger partial charge in [0.1, 0.15) is 5.76 Å². The molecule has 1 rings (SSSR count). The molecule has 0 radical (unpaired) electrons. The average molecular weight is 224 g/mol. The van der Waals surface area contributed by atoms with Gasteiger partial charge >= 0.3 is 0 Å². The molecule has 0 aliphatic carbocycles. The largest absolute Gasteiger partial charge is 0.448 e. The number of aromatic nitrogens is 1. The fourth-order valence-corrected chi connectivity index (χ4v) is 1.43. The normalized spacial score (nSPS) is 11.5. The van der Waals surface area contributed by atoms with E-state index in [4.69, 9.17) is 4.42 Å². The minimum absolute atomic E-state index is 0.153. The highest BCUT2D eigenvalue weighted by Gasteiger charge is 2.13. The summed E-state index contributed by atoms with van der Waals surface area (Å²) in [6, 6.07) is 0. The Labute approximate surface area is 96.4 Å². The van der Waals surface area contributed by atoms with Crippen LogP contribution < -0.4 is 5.32 Å². The number of carbonyl (C=O) groups excluding carboxylic acids is 1. The van der Waals surface area contributed by atoms with Gasteiger partial charge in [-0.1, -0.05) is 20.8 Å². The highest BCUT2D eigenvalue weighted by atomic mass is 16.3. The van der Waals surface area contributed by atoms with E-state index in [1.165, 1.54) is 6.39 Å². The fraction of sp³-hybridized carbons (Fsp3) is 0.667. The van der Waals surface area contributed by atoms with Crippen LogP contribution in [0.5, 0.6) is 0 Å². The molecule has 1 N–H and O–H groups in total. The van der Waals surface area contributed by atoms with Crippen molar-refractivity contribution in [3.8, 4) is 0 Å². The zero-order valence-corrected chi connectivity index (χ0v) is 10.5. The Morgan fingerprint density at radius 2 is 2.19 bits per heavy atom. The molecule has 90 valence electrons. The predicted molar refractivity (Wildman–Crippen MR) is 62.3 cm³/mol. The molecule has 0 fully saturated rings. The van der Waals surface area contributed by atoms with Gasteiger partial charge in [0.2, 0.25) is 0 Å². The van der Waals surface area contributed by atoms with Gasteiger partial charge in [0.25, 0.3) is 5.91 Å². The van der Waals surface area contributed by atoms with Crippen molar-refractivity contribution in [1.29, 1.82) is 0 Å². The monoisotopic (exact) mass is 224 g/mol. The van der Waals surface area contributed by atoms with Gasteiger partial charge in [0, 0.05) is 6.54 Å². The molecule has 0 aliphatic heterocycles. The van der Waals surface area contributed by atoms with Crippen LogP contribution in [0.4, 0.5) is 0 Å². The number of hydrogen-bond acceptors (Lipinski definition) is 3. The number of nitrogens with zero attached hydrogens (tertiary/aromatic N) is 1. The molecule has 1 aromatic rings. The zero-order chi connectivity index (χ0) is 12.2. The first-order valence-electron chi connectivity index (χ1n) is 5.58. The maximum absolute atomic E-state index is 11.6. The Balaban J connectivity index is 2.29. The van der Waals surface area contributed by atoms with Gasteiger partial charge in [0.05, 0.1) is 0 Å². The second-order valence-corrected chi connectivity index (χ2v) is 5.18.